The molecule has 26 heavy (non-hydrogen) atoms. The van der Waals surface area contributed by atoms with Crippen molar-refractivity contribution in [1.82, 2.24) is 9.97 Å². The molecule has 0 fully saturated rings. The van der Waals surface area contributed by atoms with Crippen LogP contribution in [0.15, 0.2) is 77.3 Å². The molecule has 0 saturated heterocycles. The van der Waals surface area contributed by atoms with Crippen LogP contribution < -0.4 is 0 Å². The van der Waals surface area contributed by atoms with Gasteiger partial charge in [-0.3, -0.25) is 0 Å². The maximum Gasteiger partial charge on any atom is 0.138 e. The highest BCUT2D eigenvalue weighted by atomic mass is 79.9. The van der Waals surface area contributed by atoms with Crippen LogP contribution in [0.1, 0.15) is 0 Å². The van der Waals surface area contributed by atoms with Gasteiger partial charge in [-0.05, 0) is 46.3 Å². The molecule has 1 N–H and O–H groups in total. The quantitative estimate of drug-likeness (QED) is 0.376. The Kier molecular flexibility index (Phi) is 4.62. The van der Waals surface area contributed by atoms with E-state index >= 15 is 0 Å². The van der Waals surface area contributed by atoms with E-state index in [1.54, 1.807) is 12.1 Å². The van der Waals surface area contributed by atoms with Crippen LogP contribution in [0.2, 0.25) is 5.02 Å². The zero-order chi connectivity index (χ0) is 18.1. The van der Waals surface area contributed by atoms with Crippen molar-refractivity contribution in [1.29, 1.82) is 0 Å². The van der Waals surface area contributed by atoms with Gasteiger partial charge in [0.05, 0.1) is 15.9 Å². The van der Waals surface area contributed by atoms with Crippen molar-refractivity contribution in [2.45, 2.75) is 0 Å². The number of rotatable bonds is 3. The highest BCUT2D eigenvalue weighted by Gasteiger charge is 2.16. The smallest absolute Gasteiger partial charge is 0.138 e. The Morgan fingerprint density at radius 2 is 1.54 bits per heavy atom. The molecule has 1 heterocycles. The standard InChI is InChI=1S/C21H13BrClFN2/c22-17-12-15(8-11-18(17)24)21-25-19(13-4-2-1-3-5-13)20(26-21)14-6-9-16(23)10-7-14/h1-12H,(H,25,26). The van der Waals surface area contributed by atoms with Crippen LogP contribution in [0.25, 0.3) is 33.9 Å². The number of H-pyrrole nitrogens is 1. The fourth-order valence-corrected chi connectivity index (χ4v) is 3.29. The van der Waals surface area contributed by atoms with Gasteiger partial charge < -0.3 is 4.98 Å². The lowest BCUT2D eigenvalue weighted by atomic mass is 10.1. The molecule has 0 bridgehead atoms. The number of nitrogens with one attached hydrogen (secondary N) is 1. The molecule has 0 amide bonds. The predicted molar refractivity (Wildman–Crippen MR) is 108 cm³/mol. The third-order valence-corrected chi connectivity index (χ3v) is 4.94. The molecule has 0 spiro atoms. The Morgan fingerprint density at radius 3 is 2.23 bits per heavy atom. The molecule has 0 aliphatic heterocycles. The molecule has 0 atom stereocenters. The number of aromatic amines is 1. The average Bonchev–Trinajstić information content (AvgIpc) is 3.11. The van der Waals surface area contributed by atoms with Gasteiger partial charge >= 0.3 is 0 Å². The second-order valence-corrected chi connectivity index (χ2v) is 7.10. The van der Waals surface area contributed by atoms with Gasteiger partial charge in [0.25, 0.3) is 0 Å². The zero-order valence-corrected chi connectivity index (χ0v) is 15.9. The van der Waals surface area contributed by atoms with Crippen molar-refractivity contribution >= 4 is 27.5 Å². The summed E-state index contributed by atoms with van der Waals surface area (Å²) in [6.07, 6.45) is 0. The van der Waals surface area contributed by atoms with E-state index in [-0.39, 0.29) is 5.82 Å². The van der Waals surface area contributed by atoms with Gasteiger partial charge in [0, 0.05) is 21.7 Å². The SMILES string of the molecule is Fc1ccc(-c2nc(-c3ccccc3)c(-c3ccc(Cl)cc3)[nH]2)cc1Br. The molecule has 0 radical (unpaired) electrons. The van der Waals surface area contributed by atoms with Crippen LogP contribution in [0.5, 0.6) is 0 Å². The number of benzene rings is 3. The van der Waals surface area contributed by atoms with E-state index in [1.807, 2.05) is 54.6 Å². The fraction of sp³-hybridized carbons (Fsp3) is 0. The molecule has 128 valence electrons. The summed E-state index contributed by atoms with van der Waals surface area (Å²) < 4.78 is 14.0. The molecule has 3 aromatic carbocycles. The Balaban J connectivity index is 1.90. The number of halogens is 3. The summed E-state index contributed by atoms with van der Waals surface area (Å²) in [5.41, 5.74) is 4.51. The molecular weight excluding hydrogens is 415 g/mol. The minimum atomic E-state index is -0.304. The second-order valence-electron chi connectivity index (χ2n) is 5.81. The van der Waals surface area contributed by atoms with Crippen molar-refractivity contribution in [2.24, 2.45) is 0 Å². The van der Waals surface area contributed by atoms with Gasteiger partial charge in [-0.25, -0.2) is 9.37 Å². The average molecular weight is 428 g/mol. The molecule has 1 aromatic heterocycles. The molecular formula is C21H13BrClFN2. The summed E-state index contributed by atoms with van der Waals surface area (Å²) in [5.74, 6) is 0.371. The van der Waals surface area contributed by atoms with E-state index in [1.165, 1.54) is 6.07 Å². The van der Waals surface area contributed by atoms with Crippen LogP contribution >= 0.6 is 27.5 Å². The maximum atomic E-state index is 13.6. The van der Waals surface area contributed by atoms with Crippen LogP contribution in [-0.4, -0.2) is 9.97 Å². The van der Waals surface area contributed by atoms with Crippen molar-refractivity contribution < 1.29 is 4.39 Å². The third kappa shape index (κ3) is 3.30. The van der Waals surface area contributed by atoms with Crippen LogP contribution in [0, 0.1) is 5.82 Å². The molecule has 0 saturated carbocycles. The van der Waals surface area contributed by atoms with Crippen molar-refractivity contribution in [3.63, 3.8) is 0 Å². The van der Waals surface area contributed by atoms with Gasteiger partial charge in [0.2, 0.25) is 0 Å². The monoisotopic (exact) mass is 426 g/mol. The van der Waals surface area contributed by atoms with Gasteiger partial charge in [0.15, 0.2) is 0 Å². The summed E-state index contributed by atoms with van der Waals surface area (Å²) in [5, 5.41) is 0.678. The van der Waals surface area contributed by atoms with E-state index in [2.05, 4.69) is 20.9 Å². The molecule has 5 heteroatoms. The van der Waals surface area contributed by atoms with Gasteiger partial charge in [-0.1, -0.05) is 54.1 Å². The van der Waals surface area contributed by atoms with E-state index in [4.69, 9.17) is 16.6 Å². The molecule has 0 unspecified atom stereocenters. The van der Waals surface area contributed by atoms with Crippen LogP contribution in [0.3, 0.4) is 0 Å². The van der Waals surface area contributed by atoms with E-state index in [0.29, 0.717) is 15.3 Å². The predicted octanol–water partition coefficient (Wildman–Crippen LogP) is 6.97. The number of aromatic nitrogens is 2. The minimum absolute atomic E-state index is 0.304. The van der Waals surface area contributed by atoms with Crippen molar-refractivity contribution in [3.05, 3.63) is 88.1 Å². The summed E-state index contributed by atoms with van der Waals surface area (Å²) in [6, 6.07) is 22.4. The lowest BCUT2D eigenvalue weighted by Gasteiger charge is -2.03. The lowest BCUT2D eigenvalue weighted by molar-refractivity contribution is 0.621. The summed E-state index contributed by atoms with van der Waals surface area (Å²) in [4.78, 5) is 8.17. The summed E-state index contributed by atoms with van der Waals surface area (Å²) >= 11 is 9.26. The zero-order valence-electron chi connectivity index (χ0n) is 13.5. The Morgan fingerprint density at radius 1 is 0.846 bits per heavy atom. The topological polar surface area (TPSA) is 28.7 Å². The minimum Gasteiger partial charge on any atom is -0.337 e. The summed E-state index contributed by atoms with van der Waals surface area (Å²) in [6.45, 7) is 0. The molecule has 4 rings (SSSR count). The second kappa shape index (κ2) is 7.06. The number of nitrogens with zero attached hydrogens (tertiary/aromatic N) is 1. The first-order valence-corrected chi connectivity index (χ1v) is 9.16. The molecule has 2 nitrogen and oxygen atoms in total. The van der Waals surface area contributed by atoms with E-state index in [9.17, 15) is 4.39 Å². The maximum absolute atomic E-state index is 13.6. The Hall–Kier alpha value is -2.43. The number of hydrogen-bond donors (Lipinski definition) is 1. The van der Waals surface area contributed by atoms with Crippen LogP contribution in [-0.2, 0) is 0 Å². The molecule has 0 aliphatic rings. The van der Waals surface area contributed by atoms with Gasteiger partial charge in [-0.2, -0.15) is 0 Å². The van der Waals surface area contributed by atoms with Gasteiger partial charge in [-0.15, -0.1) is 0 Å². The lowest BCUT2D eigenvalue weighted by Crippen LogP contribution is -1.84. The molecule has 4 aromatic rings. The third-order valence-electron chi connectivity index (χ3n) is 4.08. The van der Waals surface area contributed by atoms with Crippen molar-refractivity contribution in [3.8, 4) is 33.9 Å². The first kappa shape index (κ1) is 17.0. The largest absolute Gasteiger partial charge is 0.337 e. The van der Waals surface area contributed by atoms with Gasteiger partial charge in [0.1, 0.15) is 11.6 Å². The number of hydrogen-bond acceptors (Lipinski definition) is 1. The first-order valence-electron chi connectivity index (χ1n) is 7.98. The van der Waals surface area contributed by atoms with E-state index in [0.717, 1.165) is 28.1 Å². The van der Waals surface area contributed by atoms with Crippen molar-refractivity contribution in [2.75, 3.05) is 0 Å². The Labute approximate surface area is 163 Å². The molecule has 0 aliphatic carbocycles. The summed E-state index contributed by atoms with van der Waals surface area (Å²) in [7, 11) is 0. The number of imidazole rings is 1. The first-order chi connectivity index (χ1) is 12.6. The van der Waals surface area contributed by atoms with Crippen LogP contribution in [0.4, 0.5) is 4.39 Å². The Bertz CT molecular complexity index is 1060. The van der Waals surface area contributed by atoms with E-state index < -0.39 is 0 Å². The fourth-order valence-electron chi connectivity index (χ4n) is 2.78. The highest BCUT2D eigenvalue weighted by Crippen LogP contribution is 2.34. The normalized spacial score (nSPS) is 10.9. The highest BCUT2D eigenvalue weighted by molar-refractivity contribution is 9.10.